The largest absolute Gasteiger partial charge is 0.394 e. The highest BCUT2D eigenvalue weighted by atomic mass is 19.4. The quantitative estimate of drug-likeness (QED) is 0.840. The first-order valence-electron chi connectivity index (χ1n) is 8.38. The highest BCUT2D eigenvalue weighted by Gasteiger charge is 2.68. The van der Waals surface area contributed by atoms with E-state index in [9.17, 15) is 18.0 Å². The highest BCUT2D eigenvalue weighted by molar-refractivity contribution is 5.83. The van der Waals surface area contributed by atoms with Crippen LogP contribution in [-0.4, -0.2) is 31.7 Å². The van der Waals surface area contributed by atoms with Crippen LogP contribution in [0.2, 0.25) is 0 Å². The number of carbonyl (C=O) groups is 1. The molecule has 4 aliphatic carbocycles. The first-order chi connectivity index (χ1) is 10.3. The van der Waals surface area contributed by atoms with Gasteiger partial charge in [0, 0.05) is 25.6 Å². The summed E-state index contributed by atoms with van der Waals surface area (Å²) in [5.74, 6) is 0.495. The number of amides is 1. The van der Waals surface area contributed by atoms with E-state index in [1.54, 1.807) is 0 Å². The predicted octanol–water partition coefficient (Wildman–Crippen LogP) is 2.47. The summed E-state index contributed by atoms with van der Waals surface area (Å²) in [6, 6.07) is 0. The first kappa shape index (κ1) is 14.8. The number of rotatable bonds is 3. The van der Waals surface area contributed by atoms with Gasteiger partial charge in [0.15, 0.2) is 0 Å². The molecule has 0 spiro atoms. The van der Waals surface area contributed by atoms with E-state index in [2.05, 4.69) is 10.6 Å². The molecule has 2 atom stereocenters. The molecular weight excluding hydrogens is 293 g/mol. The minimum atomic E-state index is -4.17. The summed E-state index contributed by atoms with van der Waals surface area (Å²) in [4.78, 5) is 12.7. The van der Waals surface area contributed by atoms with Crippen LogP contribution in [0.1, 0.15) is 38.5 Å². The monoisotopic (exact) mass is 316 g/mol. The molecule has 22 heavy (non-hydrogen) atoms. The van der Waals surface area contributed by atoms with Crippen molar-refractivity contribution in [3.63, 3.8) is 0 Å². The third kappa shape index (κ3) is 2.09. The zero-order chi connectivity index (χ0) is 15.6. The smallest absolute Gasteiger partial charge is 0.355 e. The fraction of sp³-hybridized carbons (Fsp3) is 0.938. The third-order valence-electron chi connectivity index (χ3n) is 6.56. The molecule has 0 aromatic rings. The Balaban J connectivity index is 1.54. The maximum absolute atomic E-state index is 13.7. The van der Waals surface area contributed by atoms with Crippen molar-refractivity contribution in [2.24, 2.45) is 28.6 Å². The number of halogens is 3. The van der Waals surface area contributed by atoms with Crippen LogP contribution in [0.15, 0.2) is 0 Å². The summed E-state index contributed by atoms with van der Waals surface area (Å²) in [5.41, 5.74) is -2.34. The van der Waals surface area contributed by atoms with Gasteiger partial charge in [-0.1, -0.05) is 0 Å². The third-order valence-corrected chi connectivity index (χ3v) is 6.56. The normalized spacial score (nSPS) is 44.0. The zero-order valence-electron chi connectivity index (χ0n) is 12.6. The SMILES string of the molecule is O=C(NCC1CNC1)C12CC3CC(C1)CC(C(F)(F)F)(C3)C2. The topological polar surface area (TPSA) is 41.1 Å². The molecule has 5 rings (SSSR count). The molecule has 5 aliphatic rings. The highest BCUT2D eigenvalue weighted by Crippen LogP contribution is 2.69. The second-order valence-corrected chi connectivity index (χ2v) is 8.25. The fourth-order valence-electron chi connectivity index (χ4n) is 5.78. The molecule has 3 nitrogen and oxygen atoms in total. The van der Waals surface area contributed by atoms with Crippen LogP contribution >= 0.6 is 0 Å². The van der Waals surface area contributed by atoms with Gasteiger partial charge in [0.05, 0.1) is 10.8 Å². The number of carbonyl (C=O) groups excluding carboxylic acids is 1. The molecule has 0 aromatic heterocycles. The molecule has 6 heteroatoms. The molecule has 1 amide bonds. The van der Waals surface area contributed by atoms with E-state index in [-0.39, 0.29) is 37.0 Å². The van der Waals surface area contributed by atoms with Crippen LogP contribution in [0.5, 0.6) is 0 Å². The summed E-state index contributed by atoms with van der Waals surface area (Å²) in [5, 5.41) is 6.11. The van der Waals surface area contributed by atoms with Gasteiger partial charge in [-0.3, -0.25) is 4.79 Å². The van der Waals surface area contributed by atoms with E-state index in [0.717, 1.165) is 19.5 Å². The maximum atomic E-state index is 13.7. The predicted molar refractivity (Wildman–Crippen MR) is 75.0 cm³/mol. The fourth-order valence-corrected chi connectivity index (χ4v) is 5.78. The van der Waals surface area contributed by atoms with Crippen molar-refractivity contribution in [3.8, 4) is 0 Å². The van der Waals surface area contributed by atoms with Gasteiger partial charge >= 0.3 is 6.18 Å². The van der Waals surface area contributed by atoms with Crippen molar-refractivity contribution >= 4 is 5.91 Å². The minimum absolute atomic E-state index is 0.0191. The molecule has 0 radical (unpaired) electrons. The molecule has 1 heterocycles. The second kappa shape index (κ2) is 4.62. The lowest BCUT2D eigenvalue weighted by Crippen LogP contribution is -2.62. The molecule has 2 unspecified atom stereocenters. The molecular formula is C16H23F3N2O. The standard InChI is InChI=1S/C16H23F3N2O/c17-16(18,19)15-4-10-1-11(5-15)3-14(2-10,9-15)13(22)21-8-12-6-20-7-12/h10-12,20H,1-9H2,(H,21,22). The molecule has 2 N–H and O–H groups in total. The number of hydrogen-bond donors (Lipinski definition) is 2. The van der Waals surface area contributed by atoms with Crippen LogP contribution in [0.4, 0.5) is 13.2 Å². The summed E-state index contributed by atoms with van der Waals surface area (Å²) >= 11 is 0. The van der Waals surface area contributed by atoms with E-state index in [0.29, 0.717) is 25.3 Å². The molecule has 5 fully saturated rings. The van der Waals surface area contributed by atoms with Crippen LogP contribution < -0.4 is 10.6 Å². The van der Waals surface area contributed by atoms with Crippen molar-refractivity contribution in [2.45, 2.75) is 44.7 Å². The summed E-state index contributed by atoms with van der Waals surface area (Å²) in [6.07, 6.45) is -1.45. The van der Waals surface area contributed by atoms with Crippen molar-refractivity contribution in [3.05, 3.63) is 0 Å². The van der Waals surface area contributed by atoms with E-state index in [1.165, 1.54) is 0 Å². The number of nitrogens with one attached hydrogen (secondary N) is 2. The second-order valence-electron chi connectivity index (χ2n) is 8.25. The molecule has 1 saturated heterocycles. The minimum Gasteiger partial charge on any atom is -0.355 e. The lowest BCUT2D eigenvalue weighted by molar-refractivity contribution is -0.283. The summed E-state index contributed by atoms with van der Waals surface area (Å²) in [7, 11) is 0. The van der Waals surface area contributed by atoms with Gasteiger partial charge in [0.25, 0.3) is 0 Å². The van der Waals surface area contributed by atoms with Crippen molar-refractivity contribution in [1.29, 1.82) is 0 Å². The average molecular weight is 316 g/mol. The van der Waals surface area contributed by atoms with Gasteiger partial charge in [-0.05, 0) is 50.4 Å². The maximum Gasteiger partial charge on any atom is 0.394 e. The van der Waals surface area contributed by atoms with Crippen LogP contribution in [0, 0.1) is 28.6 Å². The Kier molecular flexibility index (Phi) is 3.10. The lowest BCUT2D eigenvalue weighted by Gasteiger charge is -2.61. The van der Waals surface area contributed by atoms with Gasteiger partial charge in [0.1, 0.15) is 0 Å². The Morgan fingerprint density at radius 2 is 1.77 bits per heavy atom. The van der Waals surface area contributed by atoms with Gasteiger partial charge in [-0.25, -0.2) is 0 Å². The Morgan fingerprint density at radius 3 is 2.27 bits per heavy atom. The number of hydrogen-bond acceptors (Lipinski definition) is 2. The van der Waals surface area contributed by atoms with Gasteiger partial charge in [-0.2, -0.15) is 13.2 Å². The Bertz CT molecular complexity index is 472. The Labute approximate surface area is 128 Å². The number of alkyl halides is 3. The zero-order valence-corrected chi connectivity index (χ0v) is 12.6. The van der Waals surface area contributed by atoms with E-state index >= 15 is 0 Å². The van der Waals surface area contributed by atoms with Crippen molar-refractivity contribution in [1.82, 2.24) is 10.6 Å². The van der Waals surface area contributed by atoms with Crippen molar-refractivity contribution < 1.29 is 18.0 Å². The Hall–Kier alpha value is -0.780. The van der Waals surface area contributed by atoms with Gasteiger partial charge in [0.2, 0.25) is 5.91 Å². The molecule has 124 valence electrons. The van der Waals surface area contributed by atoms with Gasteiger partial charge < -0.3 is 10.6 Å². The van der Waals surface area contributed by atoms with E-state index in [1.807, 2.05) is 0 Å². The van der Waals surface area contributed by atoms with Crippen LogP contribution in [0.25, 0.3) is 0 Å². The van der Waals surface area contributed by atoms with Gasteiger partial charge in [-0.15, -0.1) is 0 Å². The molecule has 1 aliphatic heterocycles. The van der Waals surface area contributed by atoms with Crippen molar-refractivity contribution in [2.75, 3.05) is 19.6 Å². The summed E-state index contributed by atoms with van der Waals surface area (Å²) in [6.45, 7) is 2.39. The average Bonchev–Trinajstić information content (AvgIpc) is 2.33. The van der Waals surface area contributed by atoms with E-state index in [4.69, 9.17) is 0 Å². The van der Waals surface area contributed by atoms with E-state index < -0.39 is 17.0 Å². The first-order valence-corrected chi connectivity index (χ1v) is 8.38. The lowest BCUT2D eigenvalue weighted by atomic mass is 9.43. The molecule has 0 aromatic carbocycles. The molecule has 4 saturated carbocycles. The van der Waals surface area contributed by atoms with Crippen LogP contribution in [-0.2, 0) is 4.79 Å². The Morgan fingerprint density at radius 1 is 1.14 bits per heavy atom. The molecule has 4 bridgehead atoms. The summed E-state index contributed by atoms with van der Waals surface area (Å²) < 4.78 is 41.0. The van der Waals surface area contributed by atoms with Crippen LogP contribution in [0.3, 0.4) is 0 Å².